The number of sulfonamides is 2. The number of benzene rings is 2. The molecule has 4 saturated heterocycles. The molecule has 4 fully saturated rings. The molecule has 2 aromatic heterocycles. The fourth-order valence-corrected chi connectivity index (χ4v) is 13.8. The van der Waals surface area contributed by atoms with Gasteiger partial charge in [0.05, 0.1) is 43.7 Å². The molecule has 0 amide bonds. The van der Waals surface area contributed by atoms with Crippen LogP contribution in [0.3, 0.4) is 0 Å². The first-order valence-corrected chi connectivity index (χ1v) is 27.7. The van der Waals surface area contributed by atoms with Crippen molar-refractivity contribution >= 4 is 76.7 Å². The van der Waals surface area contributed by atoms with Gasteiger partial charge in [0, 0.05) is 93.7 Å². The van der Waals surface area contributed by atoms with Crippen LogP contribution in [-0.2, 0) is 40.7 Å². The zero-order valence-electron chi connectivity index (χ0n) is 38.8. The number of anilines is 1. The first-order valence-electron chi connectivity index (χ1n) is 22.3. The molecule has 6 heterocycles. The Morgan fingerprint density at radius 2 is 1.17 bits per heavy atom. The number of nitrogens with zero attached hydrogens (tertiary/aromatic N) is 5. The molecule has 0 radical (unpaired) electrons. The monoisotopic (exact) mass is 1070 g/mol. The predicted molar refractivity (Wildman–Crippen MR) is 271 cm³/mol. The van der Waals surface area contributed by atoms with Gasteiger partial charge >= 0.3 is 0 Å². The van der Waals surface area contributed by atoms with Gasteiger partial charge in [0.25, 0.3) is 20.0 Å². The maximum absolute atomic E-state index is 13.2. The zero-order chi connectivity index (χ0) is 47.0. The second-order valence-corrected chi connectivity index (χ2v) is 25.2. The van der Waals surface area contributed by atoms with Crippen molar-refractivity contribution in [2.45, 2.75) is 85.3 Å². The molecule has 4 atom stereocenters. The Morgan fingerprint density at radius 1 is 0.682 bits per heavy atom. The minimum Gasteiger partial charge on any atom is -0.386 e. The first kappa shape index (κ1) is 54.9. The number of halogens is 2. The molecule has 8 rings (SSSR count). The lowest BCUT2D eigenvalue weighted by Gasteiger charge is -2.45. The van der Waals surface area contributed by atoms with E-state index in [1.165, 1.54) is 22.7 Å². The highest BCUT2D eigenvalue weighted by Gasteiger charge is 2.37. The molecule has 0 aliphatic carbocycles. The highest BCUT2D eigenvalue weighted by atomic mass is 79.9. The summed E-state index contributed by atoms with van der Waals surface area (Å²) >= 11 is 5.88. The summed E-state index contributed by atoms with van der Waals surface area (Å²) in [6.45, 7) is 21.0. The van der Waals surface area contributed by atoms with Gasteiger partial charge in [0.1, 0.15) is 8.42 Å². The van der Waals surface area contributed by atoms with E-state index in [2.05, 4.69) is 49.8 Å². The maximum Gasteiger partial charge on any atom is 0.252 e. The number of hydrogen-bond acceptors (Lipinski definition) is 14. The van der Waals surface area contributed by atoms with Crippen LogP contribution >= 0.6 is 51.0 Å². The Morgan fingerprint density at radius 3 is 1.64 bits per heavy atom. The number of ether oxygens (including phenoxy) is 2. The van der Waals surface area contributed by atoms with Crippen LogP contribution in [0.25, 0.3) is 0 Å². The summed E-state index contributed by atoms with van der Waals surface area (Å²) in [5.74, 6) is 0. The Labute approximate surface area is 415 Å². The fraction of sp³-hybridized carbons (Fsp3) is 0.565. The molecule has 4 aromatic rings. The van der Waals surface area contributed by atoms with E-state index in [-0.39, 0.29) is 24.5 Å². The Bertz CT molecular complexity index is 2280. The van der Waals surface area contributed by atoms with Gasteiger partial charge in [-0.05, 0) is 99.8 Å². The molecule has 2 aromatic carbocycles. The quantitative estimate of drug-likeness (QED) is 0.159. The third kappa shape index (κ3) is 14.7. The van der Waals surface area contributed by atoms with Gasteiger partial charge in [0.15, 0.2) is 0 Å². The summed E-state index contributed by atoms with van der Waals surface area (Å²) in [7, 11) is -6.83. The van der Waals surface area contributed by atoms with E-state index in [9.17, 15) is 27.0 Å². The predicted octanol–water partition coefficient (Wildman–Crippen LogP) is 6.11. The molecule has 3 N–H and O–H groups in total. The van der Waals surface area contributed by atoms with Crippen molar-refractivity contribution < 1.29 is 36.5 Å². The second kappa shape index (κ2) is 24.2. The Kier molecular flexibility index (Phi) is 20.1. The van der Waals surface area contributed by atoms with E-state index in [0.717, 1.165) is 60.7 Å². The standard InChI is InChI=1S/C23H33N3O4S2.C14H23N3O3S2.C9H11BrO.ClH/c1-18-17-30-13-12-24(18)15-21-16-25(32(28,29)22-5-4-14-31-22)10-11-26(21)20-8-6-19(7-9-20)23(2,3)27;1-12-11-20-7-6-16(12)9-13-10-17(5-4-15-13)22(18,19)14-3-2-8-21-14;1-9(2,11)7-3-5-8(10)6-4-7;/h4-9,14,18,21,27H,10-13,15-17H2,1-3H3;2-3,8,12-13,15H,4-7,9-11H2,1H3;3-6,11H,1-2H3;1H/t18-,21-;12-,13-;;/m00../s1. The van der Waals surface area contributed by atoms with Gasteiger partial charge in [-0.25, -0.2) is 16.8 Å². The molecule has 66 heavy (non-hydrogen) atoms. The number of rotatable bonds is 11. The topological polar surface area (TPSA) is 155 Å². The molecule has 20 heteroatoms. The van der Waals surface area contributed by atoms with Crippen molar-refractivity contribution in [3.63, 3.8) is 0 Å². The average molecular weight is 1080 g/mol. The van der Waals surface area contributed by atoms with E-state index >= 15 is 0 Å². The molecular formula is C46H68BrClN6O8S4. The van der Waals surface area contributed by atoms with Gasteiger partial charge in [-0.15, -0.1) is 35.1 Å². The Hall–Kier alpha value is -2.05. The van der Waals surface area contributed by atoms with E-state index < -0.39 is 31.2 Å². The summed E-state index contributed by atoms with van der Waals surface area (Å²) in [6.07, 6.45) is 0. The zero-order valence-corrected chi connectivity index (χ0v) is 44.5. The van der Waals surface area contributed by atoms with Crippen LogP contribution in [0.1, 0.15) is 52.7 Å². The molecular weight excluding hydrogens is 1010 g/mol. The van der Waals surface area contributed by atoms with Crippen LogP contribution in [0.15, 0.2) is 96.4 Å². The van der Waals surface area contributed by atoms with E-state index in [4.69, 9.17) is 9.47 Å². The smallest absolute Gasteiger partial charge is 0.252 e. The molecule has 0 spiro atoms. The minimum atomic E-state index is -3.49. The molecule has 368 valence electrons. The summed E-state index contributed by atoms with van der Waals surface area (Å²) in [6, 6.07) is 23.5. The van der Waals surface area contributed by atoms with Gasteiger partial charge in [-0.3, -0.25) is 9.80 Å². The number of morpholine rings is 2. The summed E-state index contributed by atoms with van der Waals surface area (Å²) in [5.41, 5.74) is 1.21. The van der Waals surface area contributed by atoms with Gasteiger partial charge < -0.3 is 29.9 Å². The minimum absolute atomic E-state index is 0. The molecule has 4 aliphatic rings. The van der Waals surface area contributed by atoms with E-state index in [1.54, 1.807) is 66.0 Å². The molecule has 0 bridgehead atoms. The molecule has 0 unspecified atom stereocenters. The van der Waals surface area contributed by atoms with Crippen LogP contribution in [0.2, 0.25) is 0 Å². The third-order valence-corrected chi connectivity index (χ3v) is 19.2. The highest BCUT2D eigenvalue weighted by molar-refractivity contribution is 9.10. The normalized spacial score (nSPS) is 23.2. The number of thiophene rings is 2. The Balaban J connectivity index is 0.000000207. The van der Waals surface area contributed by atoms with Gasteiger partial charge in [-0.2, -0.15) is 8.61 Å². The maximum atomic E-state index is 13.2. The lowest BCUT2D eigenvalue weighted by atomic mass is 9.98. The number of nitrogens with one attached hydrogen (secondary N) is 1. The number of hydrogen-bond donors (Lipinski definition) is 3. The number of piperazine rings is 2. The number of aliphatic hydroxyl groups is 2. The fourth-order valence-electron chi connectivity index (χ4n) is 8.29. The van der Waals surface area contributed by atoms with Crippen molar-refractivity contribution in [3.05, 3.63) is 99.2 Å². The first-order chi connectivity index (χ1) is 30.7. The molecule has 14 nitrogen and oxygen atoms in total. The van der Waals surface area contributed by atoms with Crippen molar-refractivity contribution in [3.8, 4) is 0 Å². The van der Waals surface area contributed by atoms with Crippen LogP contribution < -0.4 is 10.2 Å². The second-order valence-electron chi connectivity index (χ2n) is 18.1. The van der Waals surface area contributed by atoms with Crippen molar-refractivity contribution in [1.82, 2.24) is 23.7 Å². The van der Waals surface area contributed by atoms with E-state index in [1.807, 2.05) is 53.9 Å². The average Bonchev–Trinajstić information content (AvgIpc) is 4.03. The van der Waals surface area contributed by atoms with Crippen LogP contribution in [0, 0.1) is 0 Å². The highest BCUT2D eigenvalue weighted by Crippen LogP contribution is 2.30. The van der Waals surface area contributed by atoms with Gasteiger partial charge in [0.2, 0.25) is 0 Å². The lowest BCUT2D eigenvalue weighted by Crippen LogP contribution is -2.60. The summed E-state index contributed by atoms with van der Waals surface area (Å²) in [5, 5.41) is 26.9. The van der Waals surface area contributed by atoms with Crippen LogP contribution in [0.4, 0.5) is 5.69 Å². The van der Waals surface area contributed by atoms with Gasteiger partial charge in [-0.1, -0.05) is 52.3 Å². The van der Waals surface area contributed by atoms with Crippen molar-refractivity contribution in [1.29, 1.82) is 0 Å². The SMILES string of the molecule is CC(C)(O)c1ccc(Br)cc1.C[C@H]1COCCN1C[C@H]1CN(S(=O)(=O)c2cccs2)CCN1.C[C@H]1COCCN1C[C@H]1CN(S(=O)(=O)c2cccs2)CCN1c1ccc(C(C)(C)O)cc1.Cl. The van der Waals surface area contributed by atoms with Crippen molar-refractivity contribution in [2.75, 3.05) is 96.8 Å². The van der Waals surface area contributed by atoms with Crippen LogP contribution in [0.5, 0.6) is 0 Å². The third-order valence-electron chi connectivity index (χ3n) is 12.2. The molecule has 0 saturated carbocycles. The van der Waals surface area contributed by atoms with E-state index in [0.29, 0.717) is 73.0 Å². The van der Waals surface area contributed by atoms with Crippen LogP contribution in [-0.4, -0.2) is 162 Å². The van der Waals surface area contributed by atoms with Crippen molar-refractivity contribution in [2.24, 2.45) is 0 Å². The summed E-state index contributed by atoms with van der Waals surface area (Å²) in [4.78, 5) is 7.09. The lowest BCUT2D eigenvalue weighted by molar-refractivity contribution is -0.00616. The molecule has 4 aliphatic heterocycles. The summed E-state index contributed by atoms with van der Waals surface area (Å²) < 4.78 is 67.8. The largest absolute Gasteiger partial charge is 0.386 e.